The summed E-state index contributed by atoms with van der Waals surface area (Å²) in [4.78, 5) is 27.8. The van der Waals surface area contributed by atoms with E-state index in [4.69, 9.17) is 56.2 Å². The molecule has 3 N–H and O–H groups in total. The standard InChI is InChI=1S/C53H76O17Si2/c1-51(2,3)71(11,12)69-30-53(58,31-70-72(13,14)52(4,5)6)41(44-40(50(56)57)27-43(66-33-60-8)47(48(44)68-35-62-10)64-29-37-23-19-16-20-24-37)25-38-39(49(54)55)26-42(65-32-59-7)46(45(38)67-34-61-9)63-28-36-21-17-15-18-22-36/h15-24,26-27,41,58H,25,28-35H2,1-14H3,(H,54,55)(H,56,57). The number of hydrogen-bond donors (Lipinski definition) is 3. The van der Waals surface area contributed by atoms with Crippen molar-refractivity contribution in [3.05, 3.63) is 106 Å². The fourth-order valence-corrected chi connectivity index (χ4v) is 9.07. The summed E-state index contributed by atoms with van der Waals surface area (Å²) >= 11 is 0. The van der Waals surface area contributed by atoms with E-state index in [1.54, 1.807) is 0 Å². The Labute approximate surface area is 426 Å². The zero-order valence-electron chi connectivity index (χ0n) is 44.4. The second kappa shape index (κ2) is 26.1. The second-order valence-electron chi connectivity index (χ2n) is 20.4. The third kappa shape index (κ3) is 15.4. The molecule has 0 heterocycles. The van der Waals surface area contributed by atoms with Crippen molar-refractivity contribution in [3.63, 3.8) is 0 Å². The maximum absolute atomic E-state index is 14.0. The van der Waals surface area contributed by atoms with Gasteiger partial charge in [-0.2, -0.15) is 0 Å². The van der Waals surface area contributed by atoms with Crippen LogP contribution in [0.3, 0.4) is 0 Å². The summed E-state index contributed by atoms with van der Waals surface area (Å²) in [5.74, 6) is -4.85. The molecule has 19 heteroatoms. The highest BCUT2D eigenvalue weighted by molar-refractivity contribution is 6.74. The molecule has 0 saturated heterocycles. The topological polar surface area (TPSA) is 206 Å². The number of benzene rings is 4. The van der Waals surface area contributed by atoms with Gasteiger partial charge in [0, 0.05) is 45.5 Å². The number of carboxylic acids is 2. The molecule has 398 valence electrons. The van der Waals surface area contributed by atoms with E-state index >= 15 is 0 Å². The predicted octanol–water partition coefficient (Wildman–Crippen LogP) is 10.3. The van der Waals surface area contributed by atoms with Gasteiger partial charge >= 0.3 is 11.9 Å². The molecule has 4 rings (SSSR count). The third-order valence-electron chi connectivity index (χ3n) is 13.1. The molecule has 0 amide bonds. The van der Waals surface area contributed by atoms with Crippen molar-refractivity contribution in [2.75, 3.05) is 68.8 Å². The Bertz CT molecular complexity index is 2330. The van der Waals surface area contributed by atoms with E-state index in [2.05, 4.69) is 41.5 Å². The van der Waals surface area contributed by atoms with E-state index < -0.39 is 73.3 Å². The molecule has 0 bridgehead atoms. The van der Waals surface area contributed by atoms with E-state index in [0.29, 0.717) is 0 Å². The first-order chi connectivity index (χ1) is 33.9. The van der Waals surface area contributed by atoms with Crippen molar-refractivity contribution in [2.45, 2.75) is 109 Å². The van der Waals surface area contributed by atoms with Crippen LogP contribution >= 0.6 is 0 Å². The van der Waals surface area contributed by atoms with Gasteiger partial charge in [-0.1, -0.05) is 102 Å². The number of carbonyl (C=O) groups is 2. The Morgan fingerprint density at radius 2 is 0.903 bits per heavy atom. The minimum atomic E-state index is -2.76. The fraction of sp³-hybridized carbons (Fsp3) is 0.509. The molecule has 0 aromatic heterocycles. The Balaban J connectivity index is 2.29. The first kappa shape index (κ1) is 59.3. The molecule has 4 aromatic rings. The summed E-state index contributed by atoms with van der Waals surface area (Å²) in [5, 5.41) is 35.9. The van der Waals surface area contributed by atoms with Crippen LogP contribution in [-0.2, 0) is 47.4 Å². The summed E-state index contributed by atoms with van der Waals surface area (Å²) in [6.07, 6.45) is -0.481. The maximum atomic E-state index is 14.0. The predicted molar refractivity (Wildman–Crippen MR) is 276 cm³/mol. The van der Waals surface area contributed by atoms with Crippen molar-refractivity contribution >= 4 is 28.6 Å². The fourth-order valence-electron chi connectivity index (χ4n) is 6.98. The summed E-state index contributed by atoms with van der Waals surface area (Å²) in [6.45, 7) is 18.1. The van der Waals surface area contributed by atoms with Crippen LogP contribution < -0.4 is 28.4 Å². The van der Waals surface area contributed by atoms with Gasteiger partial charge in [-0.05, 0) is 65.9 Å². The summed E-state index contributed by atoms with van der Waals surface area (Å²) < 4.78 is 73.2. The molecule has 17 nitrogen and oxygen atoms in total. The van der Waals surface area contributed by atoms with Gasteiger partial charge in [-0.3, -0.25) is 0 Å². The van der Waals surface area contributed by atoms with Gasteiger partial charge in [0.05, 0.1) is 24.3 Å². The number of hydrogen-bond acceptors (Lipinski definition) is 15. The van der Waals surface area contributed by atoms with Gasteiger partial charge in [0.2, 0.25) is 11.5 Å². The minimum Gasteiger partial charge on any atom is -0.482 e. The lowest BCUT2D eigenvalue weighted by Gasteiger charge is -2.45. The monoisotopic (exact) mass is 1040 g/mol. The van der Waals surface area contributed by atoms with Crippen LogP contribution in [0, 0.1) is 0 Å². The zero-order valence-corrected chi connectivity index (χ0v) is 46.4. The van der Waals surface area contributed by atoms with Crippen LogP contribution in [0.2, 0.25) is 36.3 Å². The SMILES string of the molecule is COCOc1cc(C(=O)O)c(CC(c2c(C(=O)O)cc(OCOC)c(OCc3ccccc3)c2OCOC)C(O)(CO[Si](C)(C)C(C)(C)C)CO[Si](C)(C)C(C)(C)C)c(OCOC)c1OCc1ccccc1. The molecular weight excluding hydrogens is 965 g/mol. The van der Waals surface area contributed by atoms with Gasteiger partial charge in [-0.25, -0.2) is 9.59 Å². The van der Waals surface area contributed by atoms with Crippen molar-refractivity contribution in [1.82, 2.24) is 0 Å². The first-order valence-corrected chi connectivity index (χ1v) is 29.4. The maximum Gasteiger partial charge on any atom is 0.336 e. The van der Waals surface area contributed by atoms with E-state index in [9.17, 15) is 24.9 Å². The molecule has 1 unspecified atom stereocenters. The van der Waals surface area contributed by atoms with Crippen LogP contribution in [0.4, 0.5) is 0 Å². The molecule has 72 heavy (non-hydrogen) atoms. The Morgan fingerprint density at radius 1 is 0.528 bits per heavy atom. The summed E-state index contributed by atoms with van der Waals surface area (Å²) in [7, 11) is 0.0842. The lowest BCUT2D eigenvalue weighted by Crippen LogP contribution is -2.54. The van der Waals surface area contributed by atoms with E-state index in [1.807, 2.05) is 86.9 Å². The molecule has 0 aliphatic heterocycles. The van der Waals surface area contributed by atoms with Gasteiger partial charge in [-0.15, -0.1) is 0 Å². The van der Waals surface area contributed by atoms with Crippen molar-refractivity contribution < 1.29 is 81.1 Å². The highest BCUT2D eigenvalue weighted by Gasteiger charge is 2.50. The van der Waals surface area contributed by atoms with E-state index in [-0.39, 0.29) is 93.6 Å². The molecule has 0 fully saturated rings. The molecule has 1 atom stereocenters. The number of aliphatic hydroxyl groups is 1. The van der Waals surface area contributed by atoms with Crippen molar-refractivity contribution in [3.8, 4) is 34.5 Å². The van der Waals surface area contributed by atoms with Gasteiger partial charge < -0.3 is 71.5 Å². The second-order valence-corrected chi connectivity index (χ2v) is 30.0. The number of aromatic carboxylic acids is 2. The third-order valence-corrected chi connectivity index (χ3v) is 22.1. The molecule has 0 saturated carbocycles. The van der Waals surface area contributed by atoms with E-state index in [0.717, 1.165) is 11.1 Å². The van der Waals surface area contributed by atoms with E-state index in [1.165, 1.54) is 40.6 Å². The minimum absolute atomic E-state index is 0.0172. The lowest BCUT2D eigenvalue weighted by atomic mass is 9.75. The smallest absolute Gasteiger partial charge is 0.336 e. The number of methoxy groups -OCH3 is 4. The summed E-state index contributed by atoms with van der Waals surface area (Å²) in [6, 6.07) is 21.0. The van der Waals surface area contributed by atoms with Crippen molar-refractivity contribution in [2.24, 2.45) is 0 Å². The van der Waals surface area contributed by atoms with Crippen molar-refractivity contribution in [1.29, 1.82) is 0 Å². The Morgan fingerprint density at radius 3 is 1.29 bits per heavy atom. The molecule has 0 aliphatic carbocycles. The first-order valence-electron chi connectivity index (χ1n) is 23.5. The molecule has 0 aliphatic rings. The molecule has 0 radical (unpaired) electrons. The van der Waals surface area contributed by atoms with Gasteiger partial charge in [0.15, 0.2) is 66.8 Å². The van der Waals surface area contributed by atoms with Gasteiger partial charge in [0.1, 0.15) is 18.8 Å². The average Bonchev–Trinajstić information content (AvgIpc) is 3.32. The molecule has 0 spiro atoms. The summed E-state index contributed by atoms with van der Waals surface area (Å²) in [5.41, 5.74) is -1.56. The highest BCUT2D eigenvalue weighted by Crippen LogP contribution is 2.53. The van der Waals surface area contributed by atoms with Crippen LogP contribution in [0.15, 0.2) is 72.8 Å². The van der Waals surface area contributed by atoms with Crippen LogP contribution in [0.25, 0.3) is 0 Å². The number of carboxylic acid groups (broad SMARTS) is 2. The van der Waals surface area contributed by atoms with Gasteiger partial charge in [0.25, 0.3) is 0 Å². The number of ether oxygens (including phenoxy) is 10. The quantitative estimate of drug-likeness (QED) is 0.0328. The van der Waals surface area contributed by atoms with Crippen LogP contribution in [-0.4, -0.2) is 118 Å². The Kier molecular flexibility index (Phi) is 21.5. The molecule has 4 aromatic carbocycles. The zero-order chi connectivity index (χ0) is 53.5. The number of rotatable bonds is 30. The highest BCUT2D eigenvalue weighted by atomic mass is 28.4. The molecular formula is C53H76O17Si2. The Hall–Kier alpha value is -5.23. The van der Waals surface area contributed by atoms with Crippen LogP contribution in [0.5, 0.6) is 34.5 Å². The van der Waals surface area contributed by atoms with Crippen LogP contribution in [0.1, 0.15) is 90.4 Å². The normalized spacial score (nSPS) is 12.8. The average molecular weight is 1040 g/mol. The largest absolute Gasteiger partial charge is 0.482 e. The lowest BCUT2D eigenvalue weighted by molar-refractivity contribution is -0.0679.